The van der Waals surface area contributed by atoms with Gasteiger partial charge in [-0.05, 0) is 30.7 Å². The third-order valence-corrected chi connectivity index (χ3v) is 3.49. The Labute approximate surface area is 125 Å². The third kappa shape index (κ3) is 2.60. The Bertz CT molecular complexity index is 825. The maximum atomic E-state index is 10.9. The normalized spacial score (nSPS) is 11.0. The van der Waals surface area contributed by atoms with E-state index in [9.17, 15) is 4.79 Å². The van der Waals surface area contributed by atoms with Crippen molar-refractivity contribution in [2.24, 2.45) is 0 Å². The van der Waals surface area contributed by atoms with Gasteiger partial charge in [-0.25, -0.2) is 14.8 Å². The fourth-order valence-electron chi connectivity index (χ4n) is 2.22. The minimum Gasteiger partial charge on any atom is -0.478 e. The molecule has 1 N–H and O–H groups in total. The van der Waals surface area contributed by atoms with Crippen molar-refractivity contribution in [3.8, 4) is 0 Å². The molecule has 2 heterocycles. The number of carbonyl (C=O) groups is 1. The van der Waals surface area contributed by atoms with Gasteiger partial charge in [0.2, 0.25) is 0 Å². The molecule has 0 fully saturated rings. The lowest BCUT2D eigenvalue weighted by Crippen LogP contribution is -2.04. The van der Waals surface area contributed by atoms with Crippen LogP contribution in [0.25, 0.3) is 11.2 Å². The number of halogens is 1. The molecule has 0 saturated heterocycles. The van der Waals surface area contributed by atoms with Crippen LogP contribution in [-0.4, -0.2) is 25.6 Å². The van der Waals surface area contributed by atoms with Crippen LogP contribution in [0.3, 0.4) is 0 Å². The van der Waals surface area contributed by atoms with E-state index in [-0.39, 0.29) is 5.56 Å². The molecule has 0 aliphatic heterocycles. The molecule has 21 heavy (non-hydrogen) atoms. The summed E-state index contributed by atoms with van der Waals surface area (Å²) in [7, 11) is 0. The van der Waals surface area contributed by atoms with Crippen molar-refractivity contribution in [2.75, 3.05) is 0 Å². The van der Waals surface area contributed by atoms with Crippen molar-refractivity contribution in [3.05, 3.63) is 58.5 Å². The van der Waals surface area contributed by atoms with Gasteiger partial charge in [-0.2, -0.15) is 0 Å². The molecule has 1 aromatic carbocycles. The molecule has 0 aliphatic rings. The highest BCUT2D eigenvalue weighted by atomic mass is 35.5. The molecule has 0 saturated carbocycles. The molecule has 3 aromatic rings. The number of imidazole rings is 1. The summed E-state index contributed by atoms with van der Waals surface area (Å²) < 4.78 is 1.97. The highest BCUT2D eigenvalue weighted by Gasteiger charge is 2.10. The summed E-state index contributed by atoms with van der Waals surface area (Å²) in [6.07, 6.45) is 1.59. The average molecular weight is 302 g/mol. The molecule has 2 aromatic heterocycles. The Morgan fingerprint density at radius 2 is 2.05 bits per heavy atom. The SMILES string of the molecule is Cc1nc2cc(Cl)cnc2n1Cc1ccc(C(=O)O)cc1. The van der Waals surface area contributed by atoms with E-state index in [1.165, 1.54) is 0 Å². The molecule has 106 valence electrons. The number of hydrogen-bond acceptors (Lipinski definition) is 3. The third-order valence-electron chi connectivity index (χ3n) is 3.28. The number of aromatic nitrogens is 3. The number of carboxylic acids is 1. The first-order valence-corrected chi connectivity index (χ1v) is 6.73. The minimum atomic E-state index is -0.929. The Morgan fingerprint density at radius 3 is 2.71 bits per heavy atom. The van der Waals surface area contributed by atoms with Crippen molar-refractivity contribution in [3.63, 3.8) is 0 Å². The van der Waals surface area contributed by atoms with Crippen LogP contribution in [0, 0.1) is 6.92 Å². The zero-order valence-electron chi connectivity index (χ0n) is 11.2. The molecule has 3 rings (SSSR count). The number of aromatic carboxylic acids is 1. The van der Waals surface area contributed by atoms with Crippen LogP contribution >= 0.6 is 11.6 Å². The molecule has 6 heteroatoms. The van der Waals surface area contributed by atoms with E-state index in [1.807, 2.05) is 11.5 Å². The summed E-state index contributed by atoms with van der Waals surface area (Å²) >= 11 is 5.92. The summed E-state index contributed by atoms with van der Waals surface area (Å²) in [6, 6.07) is 8.56. The van der Waals surface area contributed by atoms with Gasteiger partial charge < -0.3 is 9.67 Å². The van der Waals surface area contributed by atoms with Gasteiger partial charge in [0.25, 0.3) is 0 Å². The van der Waals surface area contributed by atoms with Crippen molar-refractivity contribution in [1.29, 1.82) is 0 Å². The van der Waals surface area contributed by atoms with Gasteiger partial charge in [-0.3, -0.25) is 0 Å². The van der Waals surface area contributed by atoms with Gasteiger partial charge in [-0.1, -0.05) is 23.7 Å². The Hall–Kier alpha value is -2.40. The average Bonchev–Trinajstić information content (AvgIpc) is 2.75. The highest BCUT2D eigenvalue weighted by Crippen LogP contribution is 2.19. The summed E-state index contributed by atoms with van der Waals surface area (Å²) in [6.45, 7) is 2.48. The molecule has 0 spiro atoms. The van der Waals surface area contributed by atoms with E-state index in [1.54, 1.807) is 36.5 Å². The van der Waals surface area contributed by atoms with Crippen LogP contribution < -0.4 is 0 Å². The molecule has 0 bridgehead atoms. The minimum absolute atomic E-state index is 0.274. The standard InChI is InChI=1S/C15H12ClN3O2/c1-9-18-13-6-12(16)7-17-14(13)19(9)8-10-2-4-11(5-3-10)15(20)21/h2-7H,8H2,1H3,(H,20,21). The molecule has 0 atom stereocenters. The maximum Gasteiger partial charge on any atom is 0.335 e. The number of pyridine rings is 1. The Balaban J connectivity index is 1.97. The summed E-state index contributed by atoms with van der Waals surface area (Å²) in [5, 5.41) is 9.46. The van der Waals surface area contributed by atoms with Gasteiger partial charge >= 0.3 is 5.97 Å². The van der Waals surface area contributed by atoms with Crippen molar-refractivity contribution in [2.45, 2.75) is 13.5 Å². The fourth-order valence-corrected chi connectivity index (χ4v) is 2.38. The molecular weight excluding hydrogens is 290 g/mol. The van der Waals surface area contributed by atoms with E-state index < -0.39 is 5.97 Å². The predicted molar refractivity (Wildman–Crippen MR) is 79.8 cm³/mol. The summed E-state index contributed by atoms with van der Waals surface area (Å²) in [4.78, 5) is 19.6. The smallest absolute Gasteiger partial charge is 0.335 e. The number of benzene rings is 1. The summed E-state index contributed by atoms with van der Waals surface area (Å²) in [5.74, 6) is -0.0933. The largest absolute Gasteiger partial charge is 0.478 e. The molecular formula is C15H12ClN3O2. The van der Waals surface area contributed by atoms with E-state index in [0.29, 0.717) is 11.6 Å². The number of nitrogens with zero attached hydrogens (tertiary/aromatic N) is 3. The second kappa shape index (κ2) is 5.18. The Morgan fingerprint density at radius 1 is 1.33 bits per heavy atom. The van der Waals surface area contributed by atoms with Crippen LogP contribution in [0.15, 0.2) is 36.5 Å². The first-order valence-electron chi connectivity index (χ1n) is 6.35. The second-order valence-corrected chi connectivity index (χ2v) is 5.18. The molecule has 5 nitrogen and oxygen atoms in total. The van der Waals surface area contributed by atoms with Gasteiger partial charge in [0, 0.05) is 6.20 Å². The number of fused-ring (bicyclic) bond motifs is 1. The van der Waals surface area contributed by atoms with Gasteiger partial charge in [-0.15, -0.1) is 0 Å². The quantitative estimate of drug-likeness (QED) is 0.807. The maximum absolute atomic E-state index is 10.9. The van der Waals surface area contributed by atoms with Crippen LogP contribution in [-0.2, 0) is 6.54 Å². The van der Waals surface area contributed by atoms with Gasteiger partial charge in [0.05, 0.1) is 17.1 Å². The first kappa shape index (κ1) is 13.6. The van der Waals surface area contributed by atoms with E-state index in [4.69, 9.17) is 16.7 Å². The molecule has 0 amide bonds. The molecule has 0 unspecified atom stereocenters. The van der Waals surface area contributed by atoms with Crippen molar-refractivity contribution >= 4 is 28.7 Å². The number of carboxylic acid groups (broad SMARTS) is 1. The monoisotopic (exact) mass is 301 g/mol. The highest BCUT2D eigenvalue weighted by molar-refractivity contribution is 6.31. The van der Waals surface area contributed by atoms with E-state index in [0.717, 1.165) is 22.6 Å². The number of rotatable bonds is 3. The predicted octanol–water partition coefficient (Wildman–Crippen LogP) is 3.14. The fraction of sp³-hybridized carbons (Fsp3) is 0.133. The number of hydrogen-bond donors (Lipinski definition) is 1. The van der Waals surface area contributed by atoms with Gasteiger partial charge in [0.1, 0.15) is 11.3 Å². The van der Waals surface area contributed by atoms with Crippen LogP contribution in [0.2, 0.25) is 5.02 Å². The first-order chi connectivity index (χ1) is 10.0. The van der Waals surface area contributed by atoms with Crippen LogP contribution in [0.5, 0.6) is 0 Å². The Kier molecular flexibility index (Phi) is 3.35. The number of aryl methyl sites for hydroxylation is 1. The molecule has 0 radical (unpaired) electrons. The van der Waals surface area contributed by atoms with Crippen molar-refractivity contribution in [1.82, 2.24) is 14.5 Å². The van der Waals surface area contributed by atoms with Crippen LogP contribution in [0.4, 0.5) is 0 Å². The van der Waals surface area contributed by atoms with E-state index >= 15 is 0 Å². The van der Waals surface area contributed by atoms with E-state index in [2.05, 4.69) is 9.97 Å². The van der Waals surface area contributed by atoms with Crippen molar-refractivity contribution < 1.29 is 9.90 Å². The zero-order valence-corrected chi connectivity index (χ0v) is 12.0. The lowest BCUT2D eigenvalue weighted by molar-refractivity contribution is 0.0697. The van der Waals surface area contributed by atoms with Crippen LogP contribution in [0.1, 0.15) is 21.7 Å². The zero-order chi connectivity index (χ0) is 15.0. The lowest BCUT2D eigenvalue weighted by Gasteiger charge is -2.06. The summed E-state index contributed by atoms with van der Waals surface area (Å²) in [5.41, 5.74) is 2.77. The molecule has 0 aliphatic carbocycles. The topological polar surface area (TPSA) is 68.0 Å². The lowest BCUT2D eigenvalue weighted by atomic mass is 10.1. The van der Waals surface area contributed by atoms with Gasteiger partial charge in [0.15, 0.2) is 5.65 Å². The second-order valence-electron chi connectivity index (χ2n) is 4.74.